The van der Waals surface area contributed by atoms with Gasteiger partial charge in [0.15, 0.2) is 0 Å². The molecular formula is C15H28N2O. The largest absolute Gasteiger partial charge is 0.465 e. The molecule has 1 atom stereocenters. The number of hydrogen-bond donors (Lipinski definition) is 1. The second kappa shape index (κ2) is 7.59. The number of hydrogen-bond acceptors (Lipinski definition) is 3. The van der Waals surface area contributed by atoms with Crippen LogP contribution in [0.25, 0.3) is 0 Å². The van der Waals surface area contributed by atoms with Gasteiger partial charge in [-0.15, -0.1) is 0 Å². The molecule has 1 aromatic heterocycles. The third-order valence-corrected chi connectivity index (χ3v) is 3.61. The minimum atomic E-state index is 0.626. The van der Waals surface area contributed by atoms with Crippen LogP contribution in [0.3, 0.4) is 0 Å². The molecule has 1 unspecified atom stereocenters. The summed E-state index contributed by atoms with van der Waals surface area (Å²) in [5.41, 5.74) is 1.32. The fraction of sp³-hybridized carbons (Fsp3) is 0.733. The highest BCUT2D eigenvalue weighted by Gasteiger charge is 2.14. The molecule has 0 aliphatic heterocycles. The maximum absolute atomic E-state index is 5.79. The Kier molecular flexibility index (Phi) is 6.44. The van der Waals surface area contributed by atoms with E-state index in [1.54, 1.807) is 0 Å². The van der Waals surface area contributed by atoms with Crippen molar-refractivity contribution in [2.75, 3.05) is 13.1 Å². The van der Waals surface area contributed by atoms with Gasteiger partial charge < -0.3 is 9.73 Å². The maximum atomic E-state index is 5.79. The average Bonchev–Trinajstić information content (AvgIpc) is 2.73. The molecule has 0 radical (unpaired) electrons. The normalized spacial score (nSPS) is 13.2. The van der Waals surface area contributed by atoms with Gasteiger partial charge >= 0.3 is 0 Å². The van der Waals surface area contributed by atoms with Gasteiger partial charge in [0.1, 0.15) is 11.5 Å². The van der Waals surface area contributed by atoms with Crippen LogP contribution in [-0.2, 0) is 13.1 Å². The zero-order chi connectivity index (χ0) is 13.5. The van der Waals surface area contributed by atoms with Gasteiger partial charge in [0, 0.05) is 18.2 Å². The summed E-state index contributed by atoms with van der Waals surface area (Å²) < 4.78 is 5.79. The molecule has 0 aliphatic rings. The van der Waals surface area contributed by atoms with Crippen LogP contribution >= 0.6 is 0 Å². The van der Waals surface area contributed by atoms with Crippen molar-refractivity contribution >= 4 is 0 Å². The van der Waals surface area contributed by atoms with E-state index in [0.717, 1.165) is 37.7 Å². The van der Waals surface area contributed by atoms with Crippen molar-refractivity contribution in [1.82, 2.24) is 10.2 Å². The van der Waals surface area contributed by atoms with Crippen LogP contribution in [-0.4, -0.2) is 24.0 Å². The lowest BCUT2D eigenvalue weighted by molar-refractivity contribution is 0.205. The Balaban J connectivity index is 2.67. The first-order valence-corrected chi connectivity index (χ1v) is 7.15. The Morgan fingerprint density at radius 1 is 1.33 bits per heavy atom. The molecule has 0 saturated carbocycles. The van der Waals surface area contributed by atoms with Crippen molar-refractivity contribution in [2.45, 2.75) is 60.2 Å². The molecule has 1 heterocycles. The van der Waals surface area contributed by atoms with E-state index < -0.39 is 0 Å². The summed E-state index contributed by atoms with van der Waals surface area (Å²) in [6.07, 6.45) is 1.19. The summed E-state index contributed by atoms with van der Waals surface area (Å²) >= 11 is 0. The Bertz CT molecular complexity index is 346. The van der Waals surface area contributed by atoms with Gasteiger partial charge in [-0.3, -0.25) is 4.90 Å². The molecule has 104 valence electrons. The van der Waals surface area contributed by atoms with Gasteiger partial charge in [0.25, 0.3) is 0 Å². The van der Waals surface area contributed by atoms with Crippen LogP contribution in [0.2, 0.25) is 0 Å². The molecule has 0 amide bonds. The molecule has 3 nitrogen and oxygen atoms in total. The second-order valence-electron chi connectivity index (χ2n) is 4.89. The number of furan rings is 1. The van der Waals surface area contributed by atoms with Crippen molar-refractivity contribution in [1.29, 1.82) is 0 Å². The first kappa shape index (κ1) is 15.3. The zero-order valence-electron chi connectivity index (χ0n) is 12.5. The summed E-state index contributed by atoms with van der Waals surface area (Å²) in [5, 5.41) is 3.30. The molecule has 18 heavy (non-hydrogen) atoms. The summed E-state index contributed by atoms with van der Waals surface area (Å²) in [4.78, 5) is 2.49. The molecule has 0 aliphatic carbocycles. The molecule has 0 saturated heterocycles. The van der Waals surface area contributed by atoms with Crippen LogP contribution in [0.4, 0.5) is 0 Å². The van der Waals surface area contributed by atoms with E-state index in [4.69, 9.17) is 4.42 Å². The highest BCUT2D eigenvalue weighted by atomic mass is 16.3. The van der Waals surface area contributed by atoms with Crippen molar-refractivity contribution < 1.29 is 4.42 Å². The van der Waals surface area contributed by atoms with Crippen molar-refractivity contribution in [3.05, 3.63) is 23.2 Å². The topological polar surface area (TPSA) is 28.4 Å². The number of aryl methyl sites for hydroxylation is 1. The van der Waals surface area contributed by atoms with E-state index >= 15 is 0 Å². The van der Waals surface area contributed by atoms with Gasteiger partial charge in [0.05, 0.1) is 6.54 Å². The van der Waals surface area contributed by atoms with Crippen LogP contribution in [0, 0.1) is 6.92 Å². The van der Waals surface area contributed by atoms with E-state index in [2.05, 4.69) is 50.9 Å². The monoisotopic (exact) mass is 252 g/mol. The van der Waals surface area contributed by atoms with Gasteiger partial charge in [-0.1, -0.05) is 20.8 Å². The van der Waals surface area contributed by atoms with Gasteiger partial charge in [-0.25, -0.2) is 0 Å². The zero-order valence-corrected chi connectivity index (χ0v) is 12.5. The quantitative estimate of drug-likeness (QED) is 0.769. The summed E-state index contributed by atoms with van der Waals surface area (Å²) in [6.45, 7) is 14.8. The number of nitrogens with zero attached hydrogens (tertiary/aromatic N) is 1. The van der Waals surface area contributed by atoms with Crippen LogP contribution in [0.1, 0.15) is 51.2 Å². The molecule has 0 aromatic carbocycles. The van der Waals surface area contributed by atoms with Crippen LogP contribution in [0.5, 0.6) is 0 Å². The lowest BCUT2D eigenvalue weighted by Crippen LogP contribution is -2.31. The Morgan fingerprint density at radius 2 is 2.06 bits per heavy atom. The third kappa shape index (κ3) is 4.14. The van der Waals surface area contributed by atoms with E-state index in [0.29, 0.717) is 6.04 Å². The van der Waals surface area contributed by atoms with Crippen molar-refractivity contribution in [2.24, 2.45) is 0 Å². The molecule has 0 bridgehead atoms. The summed E-state index contributed by atoms with van der Waals surface area (Å²) in [5.74, 6) is 2.11. The van der Waals surface area contributed by atoms with Gasteiger partial charge in [0.2, 0.25) is 0 Å². The highest BCUT2D eigenvalue weighted by molar-refractivity contribution is 5.20. The lowest BCUT2D eigenvalue weighted by atomic mass is 10.1. The smallest absolute Gasteiger partial charge is 0.118 e. The Labute approximate surface area is 112 Å². The highest BCUT2D eigenvalue weighted by Crippen LogP contribution is 2.18. The van der Waals surface area contributed by atoms with E-state index in [-0.39, 0.29) is 0 Å². The van der Waals surface area contributed by atoms with Crippen molar-refractivity contribution in [3.63, 3.8) is 0 Å². The fourth-order valence-corrected chi connectivity index (χ4v) is 2.14. The first-order valence-electron chi connectivity index (χ1n) is 7.15. The molecule has 1 rings (SSSR count). The minimum Gasteiger partial charge on any atom is -0.465 e. The Hall–Kier alpha value is -0.800. The average molecular weight is 252 g/mol. The molecule has 1 aromatic rings. The number of rotatable bonds is 8. The molecule has 1 N–H and O–H groups in total. The van der Waals surface area contributed by atoms with E-state index in [1.165, 1.54) is 12.0 Å². The van der Waals surface area contributed by atoms with Gasteiger partial charge in [-0.05, 0) is 39.4 Å². The molecule has 0 fully saturated rings. The molecule has 3 heteroatoms. The molecule has 0 spiro atoms. The lowest BCUT2D eigenvalue weighted by Gasteiger charge is -2.26. The second-order valence-corrected chi connectivity index (χ2v) is 4.89. The predicted octanol–water partition coefficient (Wildman–Crippen LogP) is 3.32. The first-order chi connectivity index (χ1) is 8.62. The predicted molar refractivity (Wildman–Crippen MR) is 76.7 cm³/mol. The van der Waals surface area contributed by atoms with E-state index in [1.807, 2.05) is 0 Å². The molecular weight excluding hydrogens is 224 g/mol. The number of nitrogens with one attached hydrogen (secondary N) is 1. The minimum absolute atomic E-state index is 0.626. The van der Waals surface area contributed by atoms with Crippen LogP contribution < -0.4 is 5.32 Å². The standard InChI is InChI=1S/C15H28N2O/c1-6-12(4)17(8-3)11-14-9-15(10-16-7-2)18-13(14)5/h9,12,16H,6-8,10-11H2,1-5H3. The maximum Gasteiger partial charge on any atom is 0.118 e. The van der Waals surface area contributed by atoms with E-state index in [9.17, 15) is 0 Å². The summed E-state index contributed by atoms with van der Waals surface area (Å²) in [7, 11) is 0. The fourth-order valence-electron chi connectivity index (χ4n) is 2.14. The van der Waals surface area contributed by atoms with Crippen molar-refractivity contribution in [3.8, 4) is 0 Å². The van der Waals surface area contributed by atoms with Gasteiger partial charge in [-0.2, -0.15) is 0 Å². The van der Waals surface area contributed by atoms with Crippen LogP contribution in [0.15, 0.2) is 10.5 Å². The SMILES string of the molecule is CCNCc1cc(CN(CC)C(C)CC)c(C)o1. The third-order valence-electron chi connectivity index (χ3n) is 3.61. The summed E-state index contributed by atoms with van der Waals surface area (Å²) in [6, 6.07) is 2.82. The Morgan fingerprint density at radius 3 is 2.61 bits per heavy atom.